The molecule has 0 spiro atoms. The summed E-state index contributed by atoms with van der Waals surface area (Å²) in [4.78, 5) is 11.4. The fourth-order valence-electron chi connectivity index (χ4n) is 4.80. The first-order valence-corrected chi connectivity index (χ1v) is 13.1. The second-order valence-electron chi connectivity index (χ2n) is 8.65. The first kappa shape index (κ1) is 22.3. The number of aryl methyl sites for hydroxylation is 1. The summed E-state index contributed by atoms with van der Waals surface area (Å²) in [6.07, 6.45) is 9.72. The van der Waals surface area contributed by atoms with E-state index >= 15 is 0 Å². The van der Waals surface area contributed by atoms with Crippen LogP contribution < -0.4 is 0 Å². The minimum absolute atomic E-state index is 0.0875. The molecule has 2 aromatic heterocycles. The number of nitrogens with zero attached hydrogens (tertiary/aromatic N) is 5. The normalized spacial score (nSPS) is 19.5. The lowest BCUT2D eigenvalue weighted by molar-refractivity contribution is 0.154. The Labute approximate surface area is 199 Å². The maximum atomic E-state index is 12.0. The lowest BCUT2D eigenvalue weighted by Crippen LogP contribution is -2.49. The van der Waals surface area contributed by atoms with Crippen molar-refractivity contribution in [3.63, 3.8) is 0 Å². The van der Waals surface area contributed by atoms with Crippen molar-refractivity contribution < 1.29 is 8.42 Å². The van der Waals surface area contributed by atoms with E-state index in [9.17, 15) is 8.42 Å². The van der Waals surface area contributed by atoms with E-state index in [0.29, 0.717) is 37.6 Å². The SMILES string of the molecule is Cn1cncc1CC1=Cc2cccnc2[C@@H](N2CCN(S(C)(=O)=O)CC2)c2ccc(Cl)cc21. The Kier molecular flexibility index (Phi) is 5.86. The number of hydrogen-bond donors (Lipinski definition) is 0. The molecule has 0 radical (unpaired) electrons. The molecule has 0 bridgehead atoms. The Morgan fingerprint density at radius 2 is 1.94 bits per heavy atom. The summed E-state index contributed by atoms with van der Waals surface area (Å²) in [6, 6.07) is 10.0. The van der Waals surface area contributed by atoms with Gasteiger partial charge in [-0.05, 0) is 46.5 Å². The first-order valence-electron chi connectivity index (χ1n) is 10.9. The van der Waals surface area contributed by atoms with Crippen molar-refractivity contribution in [1.82, 2.24) is 23.7 Å². The molecule has 9 heteroatoms. The van der Waals surface area contributed by atoms with Gasteiger partial charge in [0.1, 0.15) is 0 Å². The number of imidazole rings is 1. The van der Waals surface area contributed by atoms with Gasteiger partial charge in [-0.1, -0.05) is 23.7 Å². The number of halogens is 1. The molecule has 3 aromatic rings. The Hall–Kier alpha value is -2.52. The average Bonchev–Trinajstić information content (AvgIpc) is 3.13. The number of sulfonamides is 1. The van der Waals surface area contributed by atoms with Crippen LogP contribution in [0.2, 0.25) is 5.02 Å². The summed E-state index contributed by atoms with van der Waals surface area (Å²) in [5, 5.41) is 0.684. The lowest BCUT2D eigenvalue weighted by atomic mass is 9.92. The predicted molar refractivity (Wildman–Crippen MR) is 130 cm³/mol. The standard InChI is InChI=1S/C24H26ClN5O2S/c1-28-16-26-15-20(28)13-18-12-17-4-3-7-27-23(17)24(21-6-5-19(25)14-22(18)21)29-8-10-30(11-9-29)33(2,31)32/h3-7,12,14-16,24H,8-11,13H2,1-2H3/t24-/m0/s1. The third kappa shape index (κ3) is 4.36. The van der Waals surface area contributed by atoms with Crippen LogP contribution in [0.5, 0.6) is 0 Å². The van der Waals surface area contributed by atoms with Crippen LogP contribution in [0.4, 0.5) is 0 Å². The van der Waals surface area contributed by atoms with Gasteiger partial charge >= 0.3 is 0 Å². The molecule has 1 aliphatic carbocycles. The van der Waals surface area contributed by atoms with Gasteiger partial charge in [0.2, 0.25) is 10.0 Å². The van der Waals surface area contributed by atoms with Gasteiger partial charge in [0, 0.05) is 62.8 Å². The van der Waals surface area contributed by atoms with Gasteiger partial charge in [-0.25, -0.2) is 13.4 Å². The Bertz CT molecular complexity index is 1330. The highest BCUT2D eigenvalue weighted by Crippen LogP contribution is 2.41. The molecule has 1 aromatic carbocycles. The number of rotatable bonds is 4. The Balaban J connectivity index is 1.61. The number of hydrogen-bond acceptors (Lipinski definition) is 5. The van der Waals surface area contributed by atoms with Crippen LogP contribution in [0.1, 0.15) is 34.1 Å². The zero-order valence-electron chi connectivity index (χ0n) is 18.6. The van der Waals surface area contributed by atoms with E-state index in [4.69, 9.17) is 16.6 Å². The van der Waals surface area contributed by atoms with Crippen LogP contribution in [0, 0.1) is 0 Å². The smallest absolute Gasteiger partial charge is 0.211 e. The summed E-state index contributed by atoms with van der Waals surface area (Å²) >= 11 is 6.48. The second kappa shape index (κ2) is 8.68. The molecule has 0 saturated carbocycles. The van der Waals surface area contributed by atoms with Crippen molar-refractivity contribution >= 4 is 33.3 Å². The molecule has 33 heavy (non-hydrogen) atoms. The molecular weight excluding hydrogens is 458 g/mol. The molecular formula is C24H26ClN5O2S. The van der Waals surface area contributed by atoms with Crippen LogP contribution in [0.15, 0.2) is 49.1 Å². The Morgan fingerprint density at radius 3 is 2.64 bits per heavy atom. The van der Waals surface area contributed by atoms with E-state index < -0.39 is 10.0 Å². The average molecular weight is 484 g/mol. The summed E-state index contributed by atoms with van der Waals surface area (Å²) < 4.78 is 27.7. The predicted octanol–water partition coefficient (Wildman–Crippen LogP) is 3.23. The number of allylic oxidation sites excluding steroid dienone is 1. The number of pyridine rings is 1. The van der Waals surface area contributed by atoms with E-state index in [1.165, 1.54) is 6.26 Å². The van der Waals surface area contributed by atoms with Crippen molar-refractivity contribution in [3.8, 4) is 0 Å². The van der Waals surface area contributed by atoms with Gasteiger partial charge in [0.15, 0.2) is 0 Å². The maximum Gasteiger partial charge on any atom is 0.211 e. The zero-order valence-corrected chi connectivity index (χ0v) is 20.2. The van der Waals surface area contributed by atoms with Crippen molar-refractivity contribution in [2.45, 2.75) is 12.5 Å². The Morgan fingerprint density at radius 1 is 1.15 bits per heavy atom. The van der Waals surface area contributed by atoms with Crippen LogP contribution in [-0.2, 0) is 23.5 Å². The van der Waals surface area contributed by atoms with Crippen LogP contribution in [-0.4, -0.2) is 64.6 Å². The van der Waals surface area contributed by atoms with Crippen LogP contribution in [0.3, 0.4) is 0 Å². The molecule has 1 saturated heterocycles. The summed E-state index contributed by atoms with van der Waals surface area (Å²) in [7, 11) is -1.20. The number of aromatic nitrogens is 3. The van der Waals surface area contributed by atoms with Gasteiger partial charge in [0.05, 0.1) is 24.3 Å². The van der Waals surface area contributed by atoms with Gasteiger partial charge in [0.25, 0.3) is 0 Å². The summed E-state index contributed by atoms with van der Waals surface area (Å²) in [5.41, 5.74) is 6.54. The summed E-state index contributed by atoms with van der Waals surface area (Å²) in [5.74, 6) is 0. The maximum absolute atomic E-state index is 12.0. The molecule has 0 N–H and O–H groups in total. The van der Waals surface area contributed by atoms with Gasteiger partial charge in [-0.2, -0.15) is 4.31 Å². The molecule has 5 rings (SSSR count). The fraction of sp³-hybridized carbons (Fsp3) is 0.333. The van der Waals surface area contributed by atoms with Crippen molar-refractivity contribution in [2.75, 3.05) is 32.4 Å². The van der Waals surface area contributed by atoms with E-state index in [0.717, 1.165) is 33.7 Å². The van der Waals surface area contributed by atoms with E-state index in [1.807, 2.05) is 48.5 Å². The highest BCUT2D eigenvalue weighted by molar-refractivity contribution is 7.88. The number of fused-ring (bicyclic) bond motifs is 2. The van der Waals surface area contributed by atoms with Crippen molar-refractivity contribution in [3.05, 3.63) is 82.2 Å². The molecule has 1 aliphatic heterocycles. The van der Waals surface area contributed by atoms with Gasteiger partial charge in [-0.15, -0.1) is 0 Å². The van der Waals surface area contributed by atoms with Crippen molar-refractivity contribution in [2.24, 2.45) is 7.05 Å². The monoisotopic (exact) mass is 483 g/mol. The number of benzene rings is 1. The van der Waals surface area contributed by atoms with E-state index in [2.05, 4.69) is 28.1 Å². The topological polar surface area (TPSA) is 71.3 Å². The van der Waals surface area contributed by atoms with Crippen LogP contribution >= 0.6 is 11.6 Å². The second-order valence-corrected chi connectivity index (χ2v) is 11.1. The summed E-state index contributed by atoms with van der Waals surface area (Å²) in [6.45, 7) is 2.20. The molecule has 7 nitrogen and oxygen atoms in total. The number of piperazine rings is 1. The first-order chi connectivity index (χ1) is 15.8. The molecule has 1 fully saturated rings. The van der Waals surface area contributed by atoms with Gasteiger partial charge < -0.3 is 4.57 Å². The largest absolute Gasteiger partial charge is 0.337 e. The molecule has 1 atom stereocenters. The molecule has 172 valence electrons. The van der Waals surface area contributed by atoms with Crippen LogP contribution in [0.25, 0.3) is 11.6 Å². The molecule has 3 heterocycles. The minimum atomic E-state index is -3.20. The lowest BCUT2D eigenvalue weighted by Gasteiger charge is -2.39. The van der Waals surface area contributed by atoms with E-state index in [-0.39, 0.29) is 6.04 Å². The molecule has 0 unspecified atom stereocenters. The van der Waals surface area contributed by atoms with E-state index in [1.54, 1.807) is 4.31 Å². The van der Waals surface area contributed by atoms with Crippen molar-refractivity contribution in [1.29, 1.82) is 0 Å². The zero-order chi connectivity index (χ0) is 23.2. The highest BCUT2D eigenvalue weighted by Gasteiger charge is 2.34. The highest BCUT2D eigenvalue weighted by atomic mass is 35.5. The fourth-order valence-corrected chi connectivity index (χ4v) is 5.80. The molecule has 2 aliphatic rings. The molecule has 0 amide bonds. The minimum Gasteiger partial charge on any atom is -0.337 e. The third-order valence-corrected chi connectivity index (χ3v) is 8.05. The third-order valence-electron chi connectivity index (χ3n) is 6.51. The van der Waals surface area contributed by atoms with Gasteiger partial charge in [-0.3, -0.25) is 9.88 Å². The quantitative estimate of drug-likeness (QED) is 0.569.